The lowest BCUT2D eigenvalue weighted by Gasteiger charge is -2.22. The van der Waals surface area contributed by atoms with Crippen LogP contribution in [0.2, 0.25) is 0 Å². The Labute approximate surface area is 123 Å². The van der Waals surface area contributed by atoms with E-state index in [1.165, 1.54) is 31.4 Å². The van der Waals surface area contributed by atoms with E-state index in [0.29, 0.717) is 25.1 Å². The third-order valence-electron chi connectivity index (χ3n) is 3.48. The second-order valence-electron chi connectivity index (χ2n) is 5.05. The summed E-state index contributed by atoms with van der Waals surface area (Å²) in [7, 11) is 0. The molecule has 1 heterocycles. The van der Waals surface area contributed by atoms with E-state index in [4.69, 9.17) is 10.6 Å². The first-order chi connectivity index (χ1) is 10.2. The van der Waals surface area contributed by atoms with Gasteiger partial charge in [0.25, 0.3) is 5.69 Å². The topological polar surface area (TPSA) is 115 Å². The minimum atomic E-state index is -0.480. The van der Waals surface area contributed by atoms with Crippen molar-refractivity contribution in [2.45, 2.75) is 38.2 Å². The number of hydrogen-bond donors (Lipinski definition) is 3. The van der Waals surface area contributed by atoms with Crippen molar-refractivity contribution in [2.75, 3.05) is 23.9 Å². The zero-order valence-electron chi connectivity index (χ0n) is 11.9. The van der Waals surface area contributed by atoms with Crippen molar-refractivity contribution in [1.29, 1.82) is 0 Å². The molecular formula is C13H21N5O3. The van der Waals surface area contributed by atoms with Gasteiger partial charge in [-0.25, -0.2) is 10.8 Å². The van der Waals surface area contributed by atoms with Gasteiger partial charge in [-0.2, -0.15) is 0 Å². The molecule has 1 fully saturated rings. The number of nitrogens with two attached hydrogens (primary N) is 1. The Balaban J connectivity index is 1.81. The number of nitrogens with zero attached hydrogens (tertiary/aromatic N) is 2. The average molecular weight is 295 g/mol. The third-order valence-corrected chi connectivity index (χ3v) is 3.48. The Morgan fingerprint density at radius 3 is 2.71 bits per heavy atom. The van der Waals surface area contributed by atoms with Gasteiger partial charge >= 0.3 is 0 Å². The van der Waals surface area contributed by atoms with E-state index >= 15 is 0 Å². The summed E-state index contributed by atoms with van der Waals surface area (Å²) in [6.45, 7) is 1.11. The molecule has 8 nitrogen and oxygen atoms in total. The number of rotatable bonds is 7. The van der Waals surface area contributed by atoms with Gasteiger partial charge in [-0.3, -0.25) is 10.1 Å². The van der Waals surface area contributed by atoms with Gasteiger partial charge in [0.05, 0.1) is 29.8 Å². The van der Waals surface area contributed by atoms with Crippen molar-refractivity contribution < 1.29 is 9.66 Å². The van der Waals surface area contributed by atoms with Crippen molar-refractivity contribution in [3.05, 3.63) is 22.2 Å². The number of nitro groups is 1. The fraction of sp³-hybridized carbons (Fsp3) is 0.615. The Kier molecular flexibility index (Phi) is 5.70. The molecule has 1 saturated carbocycles. The molecule has 1 aliphatic carbocycles. The van der Waals surface area contributed by atoms with Gasteiger partial charge in [0.2, 0.25) is 0 Å². The Morgan fingerprint density at radius 2 is 2.05 bits per heavy atom. The van der Waals surface area contributed by atoms with E-state index in [1.807, 2.05) is 0 Å². The molecule has 1 aromatic rings. The second-order valence-corrected chi connectivity index (χ2v) is 5.05. The number of nitrogens with one attached hydrogen (secondary N) is 2. The average Bonchev–Trinajstić information content (AvgIpc) is 2.52. The van der Waals surface area contributed by atoms with Crippen molar-refractivity contribution in [1.82, 2.24) is 4.98 Å². The van der Waals surface area contributed by atoms with E-state index in [0.717, 1.165) is 12.8 Å². The summed E-state index contributed by atoms with van der Waals surface area (Å²) in [5.41, 5.74) is 2.26. The highest BCUT2D eigenvalue weighted by Crippen LogP contribution is 2.21. The fourth-order valence-corrected chi connectivity index (χ4v) is 2.42. The summed E-state index contributed by atoms with van der Waals surface area (Å²) in [6, 6.07) is 2.66. The fourth-order valence-electron chi connectivity index (χ4n) is 2.42. The smallest absolute Gasteiger partial charge is 0.276 e. The van der Waals surface area contributed by atoms with Gasteiger partial charge in [-0.05, 0) is 12.8 Å². The SMILES string of the molecule is NNc1cc([N+](=O)[O-])cc(NCCOC2CCCCC2)n1. The molecule has 0 atom stereocenters. The van der Waals surface area contributed by atoms with E-state index in [9.17, 15) is 10.1 Å². The van der Waals surface area contributed by atoms with Crippen LogP contribution < -0.4 is 16.6 Å². The van der Waals surface area contributed by atoms with E-state index in [-0.39, 0.29) is 11.5 Å². The number of anilines is 2. The summed E-state index contributed by atoms with van der Waals surface area (Å²) < 4.78 is 5.77. The molecule has 0 saturated heterocycles. The van der Waals surface area contributed by atoms with Crippen molar-refractivity contribution in [2.24, 2.45) is 5.84 Å². The molecule has 1 aromatic heterocycles. The maximum absolute atomic E-state index is 10.8. The van der Waals surface area contributed by atoms with Crippen LogP contribution in [0.4, 0.5) is 17.3 Å². The molecule has 21 heavy (non-hydrogen) atoms. The zero-order valence-corrected chi connectivity index (χ0v) is 11.9. The van der Waals surface area contributed by atoms with Crippen molar-refractivity contribution >= 4 is 17.3 Å². The number of aromatic nitrogens is 1. The van der Waals surface area contributed by atoms with Gasteiger partial charge in [0, 0.05) is 6.54 Å². The highest BCUT2D eigenvalue weighted by Gasteiger charge is 2.14. The molecule has 0 unspecified atom stereocenters. The van der Waals surface area contributed by atoms with Gasteiger partial charge < -0.3 is 15.5 Å². The first-order valence-corrected chi connectivity index (χ1v) is 7.17. The molecule has 1 aliphatic rings. The van der Waals surface area contributed by atoms with E-state index in [2.05, 4.69) is 15.7 Å². The maximum Gasteiger partial charge on any atom is 0.276 e. The van der Waals surface area contributed by atoms with Gasteiger partial charge in [-0.1, -0.05) is 19.3 Å². The van der Waals surface area contributed by atoms with Crippen molar-refractivity contribution in [3.8, 4) is 0 Å². The number of hydrazine groups is 1. The minimum Gasteiger partial charge on any atom is -0.376 e. The van der Waals surface area contributed by atoms with Crippen molar-refractivity contribution in [3.63, 3.8) is 0 Å². The summed E-state index contributed by atoms with van der Waals surface area (Å²) in [4.78, 5) is 14.4. The van der Waals surface area contributed by atoms with Crippen LogP contribution in [-0.2, 0) is 4.74 Å². The quantitative estimate of drug-likeness (QED) is 0.305. The third kappa shape index (κ3) is 4.83. The molecule has 0 bridgehead atoms. The Bertz CT molecular complexity index is 477. The first-order valence-electron chi connectivity index (χ1n) is 7.17. The van der Waals surface area contributed by atoms with E-state index in [1.54, 1.807) is 0 Å². The second kappa shape index (κ2) is 7.75. The largest absolute Gasteiger partial charge is 0.376 e. The number of nitrogen functional groups attached to an aromatic ring is 1. The van der Waals surface area contributed by atoms with Gasteiger partial charge in [-0.15, -0.1) is 0 Å². The predicted octanol–water partition coefficient (Wildman–Crippen LogP) is 2.04. The molecule has 0 radical (unpaired) electrons. The van der Waals surface area contributed by atoms with Crippen LogP contribution in [0.5, 0.6) is 0 Å². The van der Waals surface area contributed by atoms with Crippen LogP contribution >= 0.6 is 0 Å². The lowest BCUT2D eigenvalue weighted by Crippen LogP contribution is -2.21. The molecular weight excluding hydrogens is 274 g/mol. The standard InChI is InChI=1S/C13H21N5O3/c14-17-13-9-10(18(19)20)8-12(16-13)15-6-7-21-11-4-2-1-3-5-11/h8-9,11H,1-7,14H2,(H2,15,16,17). The number of ether oxygens (including phenoxy) is 1. The zero-order chi connectivity index (χ0) is 15.1. The summed E-state index contributed by atoms with van der Waals surface area (Å²) in [5.74, 6) is 5.91. The molecule has 4 N–H and O–H groups in total. The molecule has 116 valence electrons. The minimum absolute atomic E-state index is 0.0614. The highest BCUT2D eigenvalue weighted by molar-refractivity contribution is 5.54. The van der Waals surface area contributed by atoms with Crippen LogP contribution in [0.3, 0.4) is 0 Å². The first kappa shape index (κ1) is 15.5. The molecule has 2 rings (SSSR count). The van der Waals surface area contributed by atoms with Crippen LogP contribution in [0.1, 0.15) is 32.1 Å². The Morgan fingerprint density at radius 1 is 1.33 bits per heavy atom. The monoisotopic (exact) mass is 295 g/mol. The maximum atomic E-state index is 10.8. The summed E-state index contributed by atoms with van der Waals surface area (Å²) in [6.07, 6.45) is 6.35. The number of hydrogen-bond acceptors (Lipinski definition) is 7. The lowest BCUT2D eigenvalue weighted by atomic mass is 9.98. The summed E-state index contributed by atoms with van der Waals surface area (Å²) in [5, 5.41) is 13.8. The Hall–Kier alpha value is -1.93. The van der Waals surface area contributed by atoms with Crippen LogP contribution in [0.25, 0.3) is 0 Å². The lowest BCUT2D eigenvalue weighted by molar-refractivity contribution is -0.384. The molecule has 0 aromatic carbocycles. The van der Waals surface area contributed by atoms with Gasteiger partial charge in [0.1, 0.15) is 11.6 Å². The van der Waals surface area contributed by atoms with Crippen LogP contribution in [0, 0.1) is 10.1 Å². The molecule has 0 amide bonds. The number of pyridine rings is 1. The van der Waals surface area contributed by atoms with Gasteiger partial charge in [0.15, 0.2) is 0 Å². The van der Waals surface area contributed by atoms with Crippen LogP contribution in [0.15, 0.2) is 12.1 Å². The normalized spacial score (nSPS) is 15.7. The van der Waals surface area contributed by atoms with Crippen LogP contribution in [-0.4, -0.2) is 29.2 Å². The highest BCUT2D eigenvalue weighted by atomic mass is 16.6. The summed E-state index contributed by atoms with van der Waals surface area (Å²) >= 11 is 0. The van der Waals surface area contributed by atoms with E-state index < -0.39 is 4.92 Å². The predicted molar refractivity (Wildman–Crippen MR) is 80.0 cm³/mol. The molecule has 0 aliphatic heterocycles. The molecule has 0 spiro atoms. The molecule has 8 heteroatoms.